The second-order valence-corrected chi connectivity index (χ2v) is 9.16. The predicted molar refractivity (Wildman–Crippen MR) is 132 cm³/mol. The number of pyridine rings is 2. The lowest BCUT2D eigenvalue weighted by molar-refractivity contribution is -0.125. The van der Waals surface area contributed by atoms with Crippen LogP contribution in [-0.2, 0) is 4.79 Å². The third kappa shape index (κ3) is 4.02. The molecule has 9 nitrogen and oxygen atoms in total. The van der Waals surface area contributed by atoms with Gasteiger partial charge in [0.2, 0.25) is 5.91 Å². The SMILES string of the molecule is C=CC(=O)N1CCC(N(C)c2nc(OC)nc3c(F)c(-c4nc(N)cc(C)c4C4CC4)ncc23)C1. The van der Waals surface area contributed by atoms with Crippen molar-refractivity contribution >= 4 is 28.4 Å². The number of nitrogens with two attached hydrogens (primary N) is 1. The van der Waals surface area contributed by atoms with Gasteiger partial charge in [0.05, 0.1) is 18.2 Å². The summed E-state index contributed by atoms with van der Waals surface area (Å²) in [5, 5.41) is 0.455. The molecule has 1 saturated heterocycles. The monoisotopic (exact) mass is 477 g/mol. The first-order chi connectivity index (χ1) is 16.8. The summed E-state index contributed by atoms with van der Waals surface area (Å²) in [4.78, 5) is 33.5. The number of carbonyl (C=O) groups excluding carboxylic acids is 1. The highest BCUT2D eigenvalue weighted by Gasteiger charge is 2.33. The zero-order valence-electron chi connectivity index (χ0n) is 20.1. The van der Waals surface area contributed by atoms with Crippen molar-refractivity contribution in [1.29, 1.82) is 0 Å². The fourth-order valence-corrected chi connectivity index (χ4v) is 4.88. The Morgan fingerprint density at radius 3 is 2.74 bits per heavy atom. The van der Waals surface area contributed by atoms with Crippen molar-refractivity contribution in [3.63, 3.8) is 0 Å². The Morgan fingerprint density at radius 2 is 2.06 bits per heavy atom. The first kappa shape index (κ1) is 22.9. The summed E-state index contributed by atoms with van der Waals surface area (Å²) >= 11 is 0. The number of fused-ring (bicyclic) bond motifs is 1. The van der Waals surface area contributed by atoms with Crippen molar-refractivity contribution in [3.8, 4) is 17.4 Å². The van der Waals surface area contributed by atoms with Gasteiger partial charge in [-0.25, -0.2) is 9.37 Å². The molecule has 1 atom stereocenters. The number of hydrogen-bond acceptors (Lipinski definition) is 8. The minimum Gasteiger partial charge on any atom is -0.467 e. The molecule has 1 unspecified atom stereocenters. The highest BCUT2D eigenvalue weighted by Crippen LogP contribution is 2.46. The number of ether oxygens (including phenoxy) is 1. The standard InChI is InChI=1S/C25H28FN7O2/c1-5-18(34)33-9-8-15(12-33)32(3)24-16-11-28-23(20(26)21(16)30-25(31-24)35-4)22-19(14-6-7-14)13(2)10-17(27)29-22/h5,10-11,14-15H,1,6-9,12H2,2-4H3,(H2,27,29). The zero-order chi connectivity index (χ0) is 24.9. The van der Waals surface area contributed by atoms with Crippen LogP contribution in [0.5, 0.6) is 6.01 Å². The molecule has 1 saturated carbocycles. The Kier molecular flexibility index (Phi) is 5.74. The Morgan fingerprint density at radius 1 is 1.29 bits per heavy atom. The number of rotatable bonds is 6. The number of aryl methyl sites for hydroxylation is 1. The molecule has 2 N–H and O–H groups in total. The summed E-state index contributed by atoms with van der Waals surface area (Å²) in [6.07, 6.45) is 5.71. The van der Waals surface area contributed by atoms with E-state index in [1.54, 1.807) is 11.1 Å². The minimum absolute atomic E-state index is 0.0100. The Labute approximate surface area is 202 Å². The van der Waals surface area contributed by atoms with Gasteiger partial charge in [-0.2, -0.15) is 9.97 Å². The number of amides is 1. The minimum atomic E-state index is -0.591. The van der Waals surface area contributed by atoms with Crippen molar-refractivity contribution in [2.75, 3.05) is 37.9 Å². The van der Waals surface area contributed by atoms with Crippen LogP contribution < -0.4 is 15.4 Å². The molecule has 0 bridgehead atoms. The van der Waals surface area contributed by atoms with E-state index < -0.39 is 5.82 Å². The van der Waals surface area contributed by atoms with Crippen LogP contribution in [0.4, 0.5) is 16.0 Å². The number of likely N-dealkylation sites (tertiary alicyclic amines) is 1. The summed E-state index contributed by atoms with van der Waals surface area (Å²) in [5.41, 5.74) is 8.68. The molecule has 0 radical (unpaired) electrons. The topological polar surface area (TPSA) is 110 Å². The third-order valence-electron chi connectivity index (χ3n) is 6.85. The highest BCUT2D eigenvalue weighted by atomic mass is 19.1. The predicted octanol–water partition coefficient (Wildman–Crippen LogP) is 3.23. The van der Waals surface area contributed by atoms with E-state index in [0.717, 1.165) is 30.4 Å². The van der Waals surface area contributed by atoms with E-state index in [2.05, 4.69) is 26.5 Å². The van der Waals surface area contributed by atoms with Crippen LogP contribution in [0.3, 0.4) is 0 Å². The molecule has 0 spiro atoms. The van der Waals surface area contributed by atoms with Crippen molar-refractivity contribution in [3.05, 3.63) is 41.9 Å². The maximum atomic E-state index is 16.1. The molecule has 3 aromatic heterocycles. The summed E-state index contributed by atoms with van der Waals surface area (Å²) in [6, 6.07) is 1.85. The molecule has 10 heteroatoms. The molecule has 1 amide bonds. The van der Waals surface area contributed by atoms with E-state index in [-0.39, 0.29) is 29.2 Å². The molecule has 35 heavy (non-hydrogen) atoms. The van der Waals surface area contributed by atoms with Gasteiger partial charge < -0.3 is 20.3 Å². The molecule has 3 aromatic rings. The van der Waals surface area contributed by atoms with Crippen LogP contribution in [-0.4, -0.2) is 64.0 Å². The van der Waals surface area contributed by atoms with Crippen molar-refractivity contribution in [1.82, 2.24) is 24.8 Å². The molecule has 182 valence electrons. The number of halogens is 1. The molecule has 2 aliphatic rings. The zero-order valence-corrected chi connectivity index (χ0v) is 20.1. The third-order valence-corrected chi connectivity index (χ3v) is 6.85. The molecule has 2 fully saturated rings. The summed E-state index contributed by atoms with van der Waals surface area (Å²) < 4.78 is 21.4. The molecule has 4 heterocycles. The number of likely N-dealkylation sites (N-methyl/N-ethyl adjacent to an activating group) is 1. The van der Waals surface area contributed by atoms with Gasteiger partial charge in [-0.05, 0) is 55.4 Å². The van der Waals surface area contributed by atoms with E-state index in [1.807, 2.05) is 24.9 Å². The smallest absolute Gasteiger partial charge is 0.318 e. The number of methoxy groups -OCH3 is 1. The van der Waals surface area contributed by atoms with Gasteiger partial charge >= 0.3 is 6.01 Å². The number of nitrogen functional groups attached to an aromatic ring is 1. The lowest BCUT2D eigenvalue weighted by atomic mass is 9.99. The Bertz CT molecular complexity index is 1340. The van der Waals surface area contributed by atoms with Crippen molar-refractivity contribution in [2.45, 2.75) is 38.1 Å². The van der Waals surface area contributed by atoms with Crippen LogP contribution in [0.1, 0.15) is 36.3 Å². The van der Waals surface area contributed by atoms with Gasteiger partial charge in [0.25, 0.3) is 0 Å². The summed E-state index contributed by atoms with van der Waals surface area (Å²) in [6.45, 7) is 6.66. The van der Waals surface area contributed by atoms with Gasteiger partial charge in [-0.3, -0.25) is 9.78 Å². The molecule has 5 rings (SSSR count). The lowest BCUT2D eigenvalue weighted by Gasteiger charge is -2.27. The summed E-state index contributed by atoms with van der Waals surface area (Å²) in [7, 11) is 3.31. The van der Waals surface area contributed by atoms with Crippen molar-refractivity contribution in [2.24, 2.45) is 0 Å². The molecule has 0 aromatic carbocycles. The second-order valence-electron chi connectivity index (χ2n) is 9.16. The van der Waals surface area contributed by atoms with Crippen molar-refractivity contribution < 1.29 is 13.9 Å². The van der Waals surface area contributed by atoms with Gasteiger partial charge in [0.1, 0.15) is 22.8 Å². The van der Waals surface area contributed by atoms with Gasteiger partial charge in [0, 0.05) is 32.4 Å². The van der Waals surface area contributed by atoms with E-state index >= 15 is 4.39 Å². The van der Waals surface area contributed by atoms with Crippen LogP contribution in [0, 0.1) is 12.7 Å². The maximum absolute atomic E-state index is 16.1. The normalized spacial score (nSPS) is 17.6. The number of anilines is 2. The van der Waals surface area contributed by atoms with E-state index in [4.69, 9.17) is 10.5 Å². The molecular weight excluding hydrogens is 449 g/mol. The first-order valence-corrected chi connectivity index (χ1v) is 11.6. The van der Waals surface area contributed by atoms with Crippen LogP contribution in [0.15, 0.2) is 24.9 Å². The lowest BCUT2D eigenvalue weighted by Crippen LogP contribution is -2.36. The number of aromatic nitrogens is 4. The molecule has 1 aliphatic heterocycles. The summed E-state index contributed by atoms with van der Waals surface area (Å²) in [5.74, 6) is 0.442. The fraction of sp³-hybridized carbons (Fsp3) is 0.400. The molecular formula is C25H28FN7O2. The van der Waals surface area contributed by atoms with E-state index in [9.17, 15) is 4.79 Å². The van der Waals surface area contributed by atoms with E-state index in [0.29, 0.717) is 41.7 Å². The van der Waals surface area contributed by atoms with Crippen LogP contribution >= 0.6 is 0 Å². The van der Waals surface area contributed by atoms with Gasteiger partial charge in [0.15, 0.2) is 5.82 Å². The quantitative estimate of drug-likeness (QED) is 0.539. The van der Waals surface area contributed by atoms with Crippen LogP contribution in [0.25, 0.3) is 22.3 Å². The first-order valence-electron chi connectivity index (χ1n) is 11.6. The average Bonchev–Trinajstić information content (AvgIpc) is 3.56. The van der Waals surface area contributed by atoms with E-state index in [1.165, 1.54) is 13.2 Å². The van der Waals surface area contributed by atoms with Gasteiger partial charge in [-0.1, -0.05) is 6.58 Å². The Balaban J connectivity index is 1.61. The largest absolute Gasteiger partial charge is 0.467 e. The molecule has 1 aliphatic carbocycles. The second kappa shape index (κ2) is 8.75. The average molecular weight is 478 g/mol. The number of carbonyl (C=O) groups is 1. The van der Waals surface area contributed by atoms with Crippen LogP contribution in [0.2, 0.25) is 0 Å². The maximum Gasteiger partial charge on any atom is 0.318 e. The Hall–Kier alpha value is -3.82. The fourth-order valence-electron chi connectivity index (χ4n) is 4.88. The number of hydrogen-bond donors (Lipinski definition) is 1. The van der Waals surface area contributed by atoms with Gasteiger partial charge in [-0.15, -0.1) is 0 Å². The highest BCUT2D eigenvalue weighted by molar-refractivity contribution is 5.92. The number of nitrogens with zero attached hydrogens (tertiary/aromatic N) is 6.